The third kappa shape index (κ3) is 6.94. The summed E-state index contributed by atoms with van der Waals surface area (Å²) in [5.41, 5.74) is 3.37. The number of ether oxygens (including phenoxy) is 1. The van der Waals surface area contributed by atoms with Crippen LogP contribution < -0.4 is 10.1 Å². The number of imide groups is 1. The molecule has 14 heteroatoms. The van der Waals surface area contributed by atoms with Gasteiger partial charge in [-0.05, 0) is 73.4 Å². The predicted octanol–water partition coefficient (Wildman–Crippen LogP) is 4.65. The molecule has 2 aromatic carbocycles. The Kier molecular flexibility index (Phi) is 9.31. The second kappa shape index (κ2) is 14.0. The number of nitrogens with zero attached hydrogens (tertiary/aromatic N) is 6. The number of hydrogen-bond acceptors (Lipinski definition) is 8. The molecule has 1 aromatic heterocycles. The van der Waals surface area contributed by atoms with Crippen LogP contribution in [-0.4, -0.2) is 74.0 Å². The van der Waals surface area contributed by atoms with Crippen LogP contribution in [0.2, 0.25) is 0 Å². The Labute approximate surface area is 286 Å². The van der Waals surface area contributed by atoms with E-state index in [1.165, 1.54) is 10.5 Å². The van der Waals surface area contributed by atoms with E-state index in [0.29, 0.717) is 56.2 Å². The first-order chi connectivity index (χ1) is 24.2. The summed E-state index contributed by atoms with van der Waals surface area (Å²) in [6, 6.07) is 12.9. The third-order valence-electron chi connectivity index (χ3n) is 9.73. The predicted molar refractivity (Wildman–Crippen MR) is 175 cm³/mol. The van der Waals surface area contributed by atoms with Crippen LogP contribution in [0.25, 0.3) is 0 Å². The number of aromatic nitrogens is 3. The highest BCUT2D eigenvalue weighted by atomic mass is 19.4. The van der Waals surface area contributed by atoms with Crippen LogP contribution in [0.3, 0.4) is 0 Å². The van der Waals surface area contributed by atoms with Gasteiger partial charge in [0.2, 0.25) is 11.8 Å². The normalized spacial score (nSPS) is 19.4. The lowest BCUT2D eigenvalue weighted by molar-refractivity contribution is -0.147. The Balaban J connectivity index is 0.842. The van der Waals surface area contributed by atoms with Crippen LogP contribution in [0.15, 0.2) is 47.6 Å². The molecule has 2 fully saturated rings. The largest absolute Gasteiger partial charge is 0.494 e. The van der Waals surface area contributed by atoms with E-state index < -0.39 is 23.9 Å². The summed E-state index contributed by atoms with van der Waals surface area (Å²) >= 11 is 0. The molecule has 2 saturated heterocycles. The Hall–Kier alpha value is -5.19. The lowest BCUT2D eigenvalue weighted by Gasteiger charge is -2.35. The Morgan fingerprint density at radius 3 is 2.50 bits per heavy atom. The molecule has 3 amide bonds. The van der Waals surface area contributed by atoms with Crippen LogP contribution in [-0.2, 0) is 28.7 Å². The number of likely N-dealkylation sites (tertiary alicyclic amines) is 1. The van der Waals surface area contributed by atoms with E-state index in [2.05, 4.69) is 49.5 Å². The molecule has 0 saturated carbocycles. The molecule has 3 aromatic rings. The Morgan fingerprint density at radius 1 is 0.940 bits per heavy atom. The number of benzene rings is 2. The van der Waals surface area contributed by atoms with E-state index in [9.17, 15) is 27.6 Å². The fourth-order valence-corrected chi connectivity index (χ4v) is 7.03. The number of amides is 3. The van der Waals surface area contributed by atoms with Gasteiger partial charge in [0.1, 0.15) is 17.6 Å². The van der Waals surface area contributed by atoms with Crippen molar-refractivity contribution in [2.24, 2.45) is 5.10 Å². The maximum Gasteiger partial charge on any atom is 0.453 e. The highest BCUT2D eigenvalue weighted by Gasteiger charge is 2.41. The SMILES string of the molecule is O=C1CCC(N2Cc3c(C#CCCCCOc4ccc(C5CCN(C6=Nn7c(nnc7C(F)(F)F)CC6)CC5)cc4)cccc3C2=O)C(=O)N1. The number of hydrogen-bond donors (Lipinski definition) is 1. The minimum Gasteiger partial charge on any atom is -0.494 e. The summed E-state index contributed by atoms with van der Waals surface area (Å²) in [7, 11) is 0. The van der Waals surface area contributed by atoms with E-state index in [-0.39, 0.29) is 24.1 Å². The lowest BCUT2D eigenvalue weighted by Crippen LogP contribution is -2.52. The van der Waals surface area contributed by atoms with Crippen molar-refractivity contribution in [3.63, 3.8) is 0 Å². The summed E-state index contributed by atoms with van der Waals surface area (Å²) in [4.78, 5) is 40.5. The van der Waals surface area contributed by atoms with Gasteiger partial charge in [0.15, 0.2) is 5.82 Å². The monoisotopic (exact) mass is 687 g/mol. The van der Waals surface area contributed by atoms with Gasteiger partial charge in [-0.2, -0.15) is 22.9 Å². The molecule has 4 aliphatic rings. The Morgan fingerprint density at radius 2 is 1.74 bits per heavy atom. The van der Waals surface area contributed by atoms with Crippen molar-refractivity contribution in [1.29, 1.82) is 0 Å². The molecule has 4 aliphatic heterocycles. The number of piperidine rings is 2. The standard InChI is InChI=1S/C36H36F3N7O4/c37-36(38,39)35-42-41-30-14-15-31(43-46(30)35)44-19-17-24(18-20-44)23-9-11-26(12-10-23)50-21-4-2-1-3-6-25-7-5-8-27-28(25)22-45(34(27)49)29-13-16-32(47)40-33(29)48/h5,7-12,24,29H,1-2,4,13-22H2,(H,40,47,48). The first-order valence-corrected chi connectivity index (χ1v) is 17.0. The average molecular weight is 688 g/mol. The molecule has 1 unspecified atom stereocenters. The molecule has 11 nitrogen and oxygen atoms in total. The third-order valence-corrected chi connectivity index (χ3v) is 9.73. The maximum atomic E-state index is 13.3. The average Bonchev–Trinajstić information content (AvgIpc) is 3.70. The van der Waals surface area contributed by atoms with Gasteiger partial charge in [-0.15, -0.1) is 10.2 Å². The molecule has 0 aliphatic carbocycles. The molecule has 5 heterocycles. The molecular weight excluding hydrogens is 651 g/mol. The highest BCUT2D eigenvalue weighted by molar-refractivity contribution is 6.05. The molecule has 0 spiro atoms. The van der Waals surface area contributed by atoms with Gasteiger partial charge < -0.3 is 14.5 Å². The van der Waals surface area contributed by atoms with E-state index in [1.807, 2.05) is 18.2 Å². The van der Waals surface area contributed by atoms with Crippen LogP contribution >= 0.6 is 0 Å². The number of alkyl halides is 3. The molecular formula is C36H36F3N7O4. The smallest absolute Gasteiger partial charge is 0.453 e. The number of aryl methyl sites for hydroxylation is 1. The van der Waals surface area contributed by atoms with Crippen LogP contribution in [0.5, 0.6) is 5.75 Å². The summed E-state index contributed by atoms with van der Waals surface area (Å²) in [6.45, 7) is 2.29. The molecule has 260 valence electrons. The number of rotatable bonds is 7. The summed E-state index contributed by atoms with van der Waals surface area (Å²) in [5, 5.41) is 13.6. The maximum absolute atomic E-state index is 13.3. The number of amidine groups is 1. The van der Waals surface area contributed by atoms with E-state index in [4.69, 9.17) is 4.74 Å². The molecule has 0 bridgehead atoms. The van der Waals surface area contributed by atoms with Crippen LogP contribution in [0.4, 0.5) is 13.2 Å². The van der Waals surface area contributed by atoms with E-state index >= 15 is 0 Å². The van der Waals surface area contributed by atoms with Gasteiger partial charge in [-0.3, -0.25) is 19.7 Å². The molecule has 50 heavy (non-hydrogen) atoms. The van der Waals surface area contributed by atoms with Gasteiger partial charge in [0, 0.05) is 56.4 Å². The first kappa shape index (κ1) is 33.3. The van der Waals surface area contributed by atoms with Crippen molar-refractivity contribution < 1.29 is 32.3 Å². The Bertz CT molecular complexity index is 1890. The van der Waals surface area contributed by atoms with Crippen molar-refractivity contribution >= 4 is 23.6 Å². The van der Waals surface area contributed by atoms with Crippen molar-refractivity contribution in [3.8, 4) is 17.6 Å². The number of unbranched alkanes of at least 4 members (excludes halogenated alkanes) is 2. The van der Waals surface area contributed by atoms with Gasteiger partial charge in [0.25, 0.3) is 11.7 Å². The molecule has 0 radical (unpaired) electrons. The minimum absolute atomic E-state index is 0.208. The van der Waals surface area contributed by atoms with Crippen LogP contribution in [0.1, 0.15) is 96.0 Å². The van der Waals surface area contributed by atoms with Gasteiger partial charge in [-0.25, -0.2) is 0 Å². The van der Waals surface area contributed by atoms with Crippen LogP contribution in [0, 0.1) is 11.8 Å². The minimum atomic E-state index is -4.60. The van der Waals surface area contributed by atoms with E-state index in [0.717, 1.165) is 60.3 Å². The summed E-state index contributed by atoms with van der Waals surface area (Å²) in [6.07, 6.45) is 0.962. The molecule has 1 atom stereocenters. The van der Waals surface area contributed by atoms with E-state index in [1.54, 1.807) is 12.1 Å². The quantitative estimate of drug-likeness (QED) is 0.218. The van der Waals surface area contributed by atoms with Crippen molar-refractivity contribution in [1.82, 2.24) is 30.0 Å². The number of halogens is 3. The number of fused-ring (bicyclic) bond motifs is 2. The van der Waals surface area contributed by atoms with Gasteiger partial charge in [-0.1, -0.05) is 30.0 Å². The molecule has 1 N–H and O–H groups in total. The number of carbonyl (C=O) groups excluding carboxylic acids is 3. The first-order valence-electron chi connectivity index (χ1n) is 17.0. The zero-order valence-corrected chi connectivity index (χ0v) is 27.3. The van der Waals surface area contributed by atoms with Crippen molar-refractivity contribution in [2.45, 2.75) is 82.5 Å². The fourth-order valence-electron chi connectivity index (χ4n) is 7.03. The summed E-state index contributed by atoms with van der Waals surface area (Å²) in [5.74, 6) is 6.42. The van der Waals surface area contributed by atoms with Gasteiger partial charge >= 0.3 is 6.18 Å². The molecule has 7 rings (SSSR count). The number of nitrogens with one attached hydrogen (secondary N) is 1. The van der Waals surface area contributed by atoms with Crippen molar-refractivity contribution in [2.75, 3.05) is 19.7 Å². The number of carbonyl (C=O) groups is 3. The van der Waals surface area contributed by atoms with Crippen molar-refractivity contribution in [3.05, 3.63) is 76.4 Å². The topological polar surface area (TPSA) is 122 Å². The lowest BCUT2D eigenvalue weighted by atomic mass is 9.89. The van der Waals surface area contributed by atoms with Gasteiger partial charge in [0.05, 0.1) is 6.61 Å². The zero-order chi connectivity index (χ0) is 34.8. The zero-order valence-electron chi connectivity index (χ0n) is 27.3. The summed E-state index contributed by atoms with van der Waals surface area (Å²) < 4.78 is 46.7. The second-order valence-corrected chi connectivity index (χ2v) is 12.9. The second-order valence-electron chi connectivity index (χ2n) is 12.9. The fraction of sp³-hybridized carbons (Fsp3) is 0.444. The highest BCUT2D eigenvalue weighted by Crippen LogP contribution is 2.33.